The Hall–Kier alpha value is -0.730. The fraction of sp³-hybridized carbons (Fsp3) is 0.938. The summed E-state index contributed by atoms with van der Waals surface area (Å²) in [7, 11) is 0. The van der Waals surface area contributed by atoms with Gasteiger partial charge in [-0.1, -0.05) is 59.8 Å². The van der Waals surface area contributed by atoms with E-state index in [1.165, 1.54) is 32.1 Å². The molecule has 0 saturated heterocycles. The maximum atomic E-state index is 12.0. The molecule has 2 atom stereocenters. The Labute approximate surface area is 119 Å². The summed E-state index contributed by atoms with van der Waals surface area (Å²) in [5.74, 6) is 0. The molecule has 3 nitrogen and oxygen atoms in total. The second-order valence-corrected chi connectivity index (χ2v) is 5.47. The Bertz CT molecular complexity index is 219. The molecule has 0 saturated carbocycles. The summed E-state index contributed by atoms with van der Waals surface area (Å²) < 4.78 is 0. The number of hydrogen-bond donors (Lipinski definition) is 2. The van der Waals surface area contributed by atoms with Gasteiger partial charge in [0.1, 0.15) is 0 Å². The van der Waals surface area contributed by atoms with E-state index in [4.69, 9.17) is 0 Å². The highest BCUT2D eigenvalue weighted by Gasteiger charge is 2.13. The molecule has 2 unspecified atom stereocenters. The van der Waals surface area contributed by atoms with E-state index in [-0.39, 0.29) is 6.03 Å². The van der Waals surface area contributed by atoms with Crippen LogP contribution < -0.4 is 10.6 Å². The van der Waals surface area contributed by atoms with Crippen molar-refractivity contribution in [2.24, 2.45) is 0 Å². The number of amides is 2. The zero-order valence-electron chi connectivity index (χ0n) is 13.4. The van der Waals surface area contributed by atoms with Crippen LogP contribution in [0.15, 0.2) is 0 Å². The third-order valence-corrected chi connectivity index (χ3v) is 3.72. The van der Waals surface area contributed by atoms with Crippen molar-refractivity contribution in [3.8, 4) is 0 Å². The average molecular weight is 270 g/mol. The van der Waals surface area contributed by atoms with Crippen LogP contribution in [-0.4, -0.2) is 18.1 Å². The van der Waals surface area contributed by atoms with Crippen LogP contribution in [0.1, 0.15) is 85.5 Å². The minimum Gasteiger partial charge on any atom is -0.335 e. The second-order valence-electron chi connectivity index (χ2n) is 5.47. The van der Waals surface area contributed by atoms with Gasteiger partial charge < -0.3 is 10.6 Å². The first-order valence-electron chi connectivity index (χ1n) is 8.24. The molecule has 0 radical (unpaired) electrons. The molecule has 114 valence electrons. The molecule has 19 heavy (non-hydrogen) atoms. The Morgan fingerprint density at radius 3 is 1.68 bits per heavy atom. The van der Waals surface area contributed by atoms with E-state index in [2.05, 4.69) is 38.3 Å². The third-order valence-electron chi connectivity index (χ3n) is 3.72. The van der Waals surface area contributed by atoms with Gasteiger partial charge in [0, 0.05) is 12.1 Å². The molecular weight excluding hydrogens is 236 g/mol. The zero-order chi connectivity index (χ0) is 14.5. The van der Waals surface area contributed by atoms with Crippen molar-refractivity contribution in [3.63, 3.8) is 0 Å². The summed E-state index contributed by atoms with van der Waals surface area (Å²) in [5.41, 5.74) is 0. The van der Waals surface area contributed by atoms with Gasteiger partial charge in [0.25, 0.3) is 0 Å². The number of carbonyl (C=O) groups is 1. The summed E-state index contributed by atoms with van der Waals surface area (Å²) >= 11 is 0. The number of unbranched alkanes of at least 4 members (excludes halogenated alkanes) is 3. The molecule has 0 aliphatic rings. The summed E-state index contributed by atoms with van der Waals surface area (Å²) in [6, 6.07) is 0.676. The zero-order valence-corrected chi connectivity index (χ0v) is 13.4. The fourth-order valence-electron chi connectivity index (χ4n) is 2.26. The quantitative estimate of drug-likeness (QED) is 0.529. The van der Waals surface area contributed by atoms with Gasteiger partial charge in [-0.15, -0.1) is 0 Å². The number of nitrogens with one attached hydrogen (secondary N) is 2. The van der Waals surface area contributed by atoms with Gasteiger partial charge in [0.15, 0.2) is 0 Å². The van der Waals surface area contributed by atoms with E-state index in [1.807, 2.05) is 0 Å². The van der Waals surface area contributed by atoms with Crippen LogP contribution in [0, 0.1) is 0 Å². The Kier molecular flexibility index (Phi) is 11.8. The third kappa shape index (κ3) is 9.80. The minimum absolute atomic E-state index is 0.0197. The smallest absolute Gasteiger partial charge is 0.315 e. The molecule has 0 rings (SSSR count). The van der Waals surface area contributed by atoms with Gasteiger partial charge in [0.05, 0.1) is 0 Å². The molecule has 2 amide bonds. The van der Waals surface area contributed by atoms with Gasteiger partial charge in [0.2, 0.25) is 0 Å². The second kappa shape index (κ2) is 12.3. The molecule has 0 heterocycles. The topological polar surface area (TPSA) is 41.1 Å². The van der Waals surface area contributed by atoms with Crippen molar-refractivity contribution in [1.82, 2.24) is 10.6 Å². The van der Waals surface area contributed by atoms with Crippen LogP contribution in [0.4, 0.5) is 4.79 Å². The first kappa shape index (κ1) is 18.3. The van der Waals surface area contributed by atoms with E-state index in [0.29, 0.717) is 12.1 Å². The molecular formula is C16H34N2O. The fourth-order valence-corrected chi connectivity index (χ4v) is 2.26. The number of rotatable bonds is 11. The van der Waals surface area contributed by atoms with Crippen LogP contribution in [0.25, 0.3) is 0 Å². The average Bonchev–Trinajstić information content (AvgIpc) is 2.42. The Morgan fingerprint density at radius 1 is 0.789 bits per heavy atom. The van der Waals surface area contributed by atoms with Crippen molar-refractivity contribution in [1.29, 1.82) is 0 Å². The van der Waals surface area contributed by atoms with Crippen LogP contribution in [0.5, 0.6) is 0 Å². The summed E-state index contributed by atoms with van der Waals surface area (Å²) in [6.07, 6.45) is 10.3. The summed E-state index contributed by atoms with van der Waals surface area (Å²) in [6.45, 7) is 8.68. The first-order chi connectivity index (χ1) is 9.17. The highest BCUT2D eigenvalue weighted by Crippen LogP contribution is 2.07. The van der Waals surface area contributed by atoms with E-state index in [0.717, 1.165) is 25.7 Å². The largest absolute Gasteiger partial charge is 0.335 e. The molecule has 3 heteroatoms. The SMILES string of the molecule is CCCCCC(CC)NC(=O)NC(CC)CCCC. The normalized spacial score (nSPS) is 13.9. The minimum atomic E-state index is 0.0197. The van der Waals surface area contributed by atoms with E-state index < -0.39 is 0 Å². The lowest BCUT2D eigenvalue weighted by Gasteiger charge is -2.21. The summed E-state index contributed by atoms with van der Waals surface area (Å²) in [4.78, 5) is 12.0. The molecule has 0 spiro atoms. The Balaban J connectivity index is 3.96. The van der Waals surface area contributed by atoms with Crippen molar-refractivity contribution >= 4 is 6.03 Å². The summed E-state index contributed by atoms with van der Waals surface area (Å²) in [5, 5.41) is 6.22. The molecule has 2 N–H and O–H groups in total. The van der Waals surface area contributed by atoms with E-state index >= 15 is 0 Å². The van der Waals surface area contributed by atoms with Crippen LogP contribution in [0.2, 0.25) is 0 Å². The number of urea groups is 1. The molecule has 0 fully saturated rings. The van der Waals surface area contributed by atoms with Gasteiger partial charge in [-0.25, -0.2) is 4.79 Å². The molecule has 0 aromatic carbocycles. The lowest BCUT2D eigenvalue weighted by Crippen LogP contribution is -2.46. The number of hydrogen-bond acceptors (Lipinski definition) is 1. The highest BCUT2D eigenvalue weighted by molar-refractivity contribution is 5.74. The monoisotopic (exact) mass is 270 g/mol. The van der Waals surface area contributed by atoms with Crippen LogP contribution >= 0.6 is 0 Å². The maximum Gasteiger partial charge on any atom is 0.315 e. The maximum absolute atomic E-state index is 12.0. The van der Waals surface area contributed by atoms with Crippen molar-refractivity contribution < 1.29 is 4.79 Å². The molecule has 0 aliphatic carbocycles. The van der Waals surface area contributed by atoms with Gasteiger partial charge in [-0.05, 0) is 25.7 Å². The first-order valence-corrected chi connectivity index (χ1v) is 8.24. The van der Waals surface area contributed by atoms with Crippen molar-refractivity contribution in [2.45, 2.75) is 97.6 Å². The van der Waals surface area contributed by atoms with Crippen molar-refractivity contribution in [3.05, 3.63) is 0 Å². The van der Waals surface area contributed by atoms with Crippen molar-refractivity contribution in [2.75, 3.05) is 0 Å². The standard InChI is InChI=1S/C16H34N2O/c1-5-9-11-13-15(8-4)18-16(19)17-14(7-3)12-10-6-2/h14-15H,5-13H2,1-4H3,(H2,17,18,19). The molecule has 0 aliphatic heterocycles. The van der Waals surface area contributed by atoms with E-state index in [1.54, 1.807) is 0 Å². The molecule has 0 aromatic heterocycles. The lowest BCUT2D eigenvalue weighted by molar-refractivity contribution is 0.230. The highest BCUT2D eigenvalue weighted by atomic mass is 16.2. The van der Waals surface area contributed by atoms with Gasteiger partial charge in [-0.2, -0.15) is 0 Å². The predicted molar refractivity (Wildman–Crippen MR) is 83.5 cm³/mol. The predicted octanol–water partition coefficient (Wildman–Crippen LogP) is 4.61. The molecule has 0 aromatic rings. The van der Waals surface area contributed by atoms with Gasteiger partial charge in [-0.3, -0.25) is 0 Å². The lowest BCUT2D eigenvalue weighted by atomic mass is 10.1. The van der Waals surface area contributed by atoms with Crippen LogP contribution in [0.3, 0.4) is 0 Å². The van der Waals surface area contributed by atoms with Crippen LogP contribution in [-0.2, 0) is 0 Å². The van der Waals surface area contributed by atoms with Gasteiger partial charge >= 0.3 is 6.03 Å². The molecule has 0 bridgehead atoms. The number of carbonyl (C=O) groups excluding carboxylic acids is 1. The van der Waals surface area contributed by atoms with E-state index in [9.17, 15) is 4.79 Å². The Morgan fingerprint density at radius 2 is 1.26 bits per heavy atom.